The highest BCUT2D eigenvalue weighted by molar-refractivity contribution is 5.80. The molecule has 0 amide bonds. The van der Waals surface area contributed by atoms with Crippen molar-refractivity contribution in [3.63, 3.8) is 0 Å². The SMILES string of the molecule is Cc1ccc2c(c[c]n2C)c1. The summed E-state index contributed by atoms with van der Waals surface area (Å²) >= 11 is 0. The molecule has 2 rings (SSSR count). The fourth-order valence-electron chi connectivity index (χ4n) is 1.33. The van der Waals surface area contributed by atoms with Crippen molar-refractivity contribution in [2.24, 2.45) is 7.05 Å². The van der Waals surface area contributed by atoms with Gasteiger partial charge in [-0.05, 0) is 25.1 Å². The average Bonchev–Trinajstić information content (AvgIpc) is 2.32. The molecule has 0 saturated heterocycles. The van der Waals surface area contributed by atoms with E-state index in [2.05, 4.69) is 31.3 Å². The van der Waals surface area contributed by atoms with Gasteiger partial charge in [-0.2, -0.15) is 0 Å². The van der Waals surface area contributed by atoms with Gasteiger partial charge < -0.3 is 4.57 Å². The third-order valence-corrected chi connectivity index (χ3v) is 1.96. The molecule has 55 valence electrons. The van der Waals surface area contributed by atoms with Gasteiger partial charge in [-0.15, -0.1) is 0 Å². The van der Waals surface area contributed by atoms with Crippen LogP contribution in [0.2, 0.25) is 0 Å². The molecule has 0 aliphatic carbocycles. The highest BCUT2D eigenvalue weighted by Crippen LogP contribution is 2.15. The maximum Gasteiger partial charge on any atom is 0.0656 e. The maximum atomic E-state index is 3.12. The van der Waals surface area contributed by atoms with Crippen LogP contribution in [0.25, 0.3) is 10.9 Å². The minimum Gasteiger partial charge on any atom is -0.342 e. The minimum absolute atomic E-state index is 1.25. The number of aromatic nitrogens is 1. The zero-order valence-electron chi connectivity index (χ0n) is 6.76. The fraction of sp³-hybridized carbons (Fsp3) is 0.200. The van der Waals surface area contributed by atoms with Gasteiger partial charge in [0.15, 0.2) is 0 Å². The van der Waals surface area contributed by atoms with Gasteiger partial charge in [-0.25, -0.2) is 0 Å². The lowest BCUT2D eigenvalue weighted by Gasteiger charge is -1.95. The second-order valence-electron chi connectivity index (χ2n) is 2.89. The van der Waals surface area contributed by atoms with E-state index in [4.69, 9.17) is 0 Å². The summed E-state index contributed by atoms with van der Waals surface area (Å²) in [4.78, 5) is 0. The molecule has 11 heavy (non-hydrogen) atoms. The van der Waals surface area contributed by atoms with Crippen LogP contribution in [0, 0.1) is 13.1 Å². The molecule has 0 atom stereocenters. The normalized spacial score (nSPS) is 10.7. The summed E-state index contributed by atoms with van der Waals surface area (Å²) in [5.74, 6) is 0. The molecule has 0 aliphatic heterocycles. The van der Waals surface area contributed by atoms with E-state index in [0.717, 1.165) is 0 Å². The predicted molar refractivity (Wildman–Crippen MR) is 46.5 cm³/mol. The minimum atomic E-state index is 1.25. The van der Waals surface area contributed by atoms with Gasteiger partial charge in [0.05, 0.1) is 6.20 Å². The van der Waals surface area contributed by atoms with Crippen LogP contribution in [0.5, 0.6) is 0 Å². The summed E-state index contributed by atoms with van der Waals surface area (Å²) < 4.78 is 2.01. The summed E-state index contributed by atoms with van der Waals surface area (Å²) in [5.41, 5.74) is 2.55. The number of hydrogen-bond acceptors (Lipinski definition) is 0. The average molecular weight is 144 g/mol. The van der Waals surface area contributed by atoms with Crippen LogP contribution < -0.4 is 0 Å². The van der Waals surface area contributed by atoms with Gasteiger partial charge in [0.25, 0.3) is 0 Å². The molecule has 1 aromatic carbocycles. The molecule has 1 nitrogen and oxygen atoms in total. The van der Waals surface area contributed by atoms with Gasteiger partial charge in [-0.1, -0.05) is 11.6 Å². The lowest BCUT2D eigenvalue weighted by molar-refractivity contribution is 0.960. The van der Waals surface area contributed by atoms with Crippen LogP contribution in [-0.2, 0) is 7.05 Å². The Morgan fingerprint density at radius 3 is 3.00 bits per heavy atom. The van der Waals surface area contributed by atoms with Crippen molar-refractivity contribution in [3.05, 3.63) is 36.0 Å². The maximum absolute atomic E-state index is 3.12. The van der Waals surface area contributed by atoms with Crippen LogP contribution in [0.15, 0.2) is 24.3 Å². The zero-order valence-corrected chi connectivity index (χ0v) is 6.76. The number of benzene rings is 1. The van der Waals surface area contributed by atoms with Gasteiger partial charge in [0.1, 0.15) is 0 Å². The third-order valence-electron chi connectivity index (χ3n) is 1.96. The highest BCUT2D eigenvalue weighted by atomic mass is 14.9. The van der Waals surface area contributed by atoms with Crippen LogP contribution in [0.3, 0.4) is 0 Å². The molecule has 2 aromatic rings. The van der Waals surface area contributed by atoms with E-state index in [9.17, 15) is 0 Å². The van der Waals surface area contributed by atoms with Gasteiger partial charge in [0, 0.05) is 18.0 Å². The molecule has 0 aliphatic rings. The molecule has 1 radical (unpaired) electrons. The molecule has 1 heterocycles. The Bertz CT molecular complexity index is 385. The molecular formula is C10H10N. The lowest BCUT2D eigenvalue weighted by atomic mass is 10.2. The first-order valence-corrected chi connectivity index (χ1v) is 3.71. The van der Waals surface area contributed by atoms with Crippen LogP contribution >= 0.6 is 0 Å². The quantitative estimate of drug-likeness (QED) is 0.534. The van der Waals surface area contributed by atoms with Crippen molar-refractivity contribution >= 4 is 10.9 Å². The predicted octanol–water partition coefficient (Wildman–Crippen LogP) is 2.29. The van der Waals surface area contributed by atoms with Crippen LogP contribution in [0.1, 0.15) is 5.56 Å². The second-order valence-corrected chi connectivity index (χ2v) is 2.89. The van der Waals surface area contributed by atoms with Gasteiger partial charge in [-0.3, -0.25) is 0 Å². The molecule has 0 unspecified atom stereocenters. The Morgan fingerprint density at radius 1 is 1.36 bits per heavy atom. The third kappa shape index (κ3) is 0.929. The van der Waals surface area contributed by atoms with Crippen molar-refractivity contribution in [2.75, 3.05) is 0 Å². The summed E-state index contributed by atoms with van der Waals surface area (Å²) in [6.07, 6.45) is 3.12. The molecule has 0 fully saturated rings. The van der Waals surface area contributed by atoms with Gasteiger partial charge in [0.2, 0.25) is 0 Å². The number of hydrogen-bond donors (Lipinski definition) is 0. The summed E-state index contributed by atoms with van der Waals surface area (Å²) in [6, 6.07) is 8.44. The van der Waals surface area contributed by atoms with Crippen molar-refractivity contribution in [2.45, 2.75) is 6.92 Å². The molecule has 0 N–H and O–H groups in total. The molecule has 0 spiro atoms. The fourth-order valence-corrected chi connectivity index (χ4v) is 1.33. The summed E-state index contributed by atoms with van der Waals surface area (Å²) in [6.45, 7) is 2.10. The largest absolute Gasteiger partial charge is 0.342 e. The van der Waals surface area contributed by atoms with Crippen LogP contribution in [-0.4, -0.2) is 4.57 Å². The number of rotatable bonds is 0. The van der Waals surface area contributed by atoms with Crippen LogP contribution in [0.4, 0.5) is 0 Å². The molecule has 0 saturated carbocycles. The first kappa shape index (κ1) is 6.47. The second kappa shape index (κ2) is 2.12. The number of fused-ring (bicyclic) bond motifs is 1. The Labute approximate surface area is 66.3 Å². The number of aryl methyl sites for hydroxylation is 2. The van der Waals surface area contributed by atoms with E-state index in [1.807, 2.05) is 17.7 Å². The first-order chi connectivity index (χ1) is 5.27. The van der Waals surface area contributed by atoms with Gasteiger partial charge >= 0.3 is 0 Å². The van der Waals surface area contributed by atoms with Crippen molar-refractivity contribution in [1.29, 1.82) is 0 Å². The Morgan fingerprint density at radius 2 is 2.18 bits per heavy atom. The van der Waals surface area contributed by atoms with Crippen molar-refractivity contribution in [3.8, 4) is 0 Å². The first-order valence-electron chi connectivity index (χ1n) is 3.71. The highest BCUT2D eigenvalue weighted by Gasteiger charge is 1.95. The molecular weight excluding hydrogens is 134 g/mol. The Balaban J connectivity index is 2.86. The summed E-state index contributed by atoms with van der Waals surface area (Å²) in [7, 11) is 2.01. The van der Waals surface area contributed by atoms with E-state index in [1.165, 1.54) is 16.5 Å². The summed E-state index contributed by atoms with van der Waals surface area (Å²) in [5, 5.41) is 1.27. The lowest BCUT2D eigenvalue weighted by Crippen LogP contribution is -1.83. The van der Waals surface area contributed by atoms with E-state index < -0.39 is 0 Å². The zero-order chi connectivity index (χ0) is 7.84. The van der Waals surface area contributed by atoms with E-state index in [1.54, 1.807) is 0 Å². The standard InChI is InChI=1S/C10H10N/c1-8-3-4-10-9(7-8)5-6-11(10)2/h3-5,7H,1-2H3. The van der Waals surface area contributed by atoms with Crippen molar-refractivity contribution < 1.29 is 0 Å². The molecule has 0 bridgehead atoms. The van der Waals surface area contributed by atoms with Crippen molar-refractivity contribution in [1.82, 2.24) is 4.57 Å². The monoisotopic (exact) mass is 144 g/mol. The molecule has 1 aromatic heterocycles. The molecule has 1 heteroatoms. The topological polar surface area (TPSA) is 4.93 Å². The Hall–Kier alpha value is -1.24. The van der Waals surface area contributed by atoms with E-state index in [0.29, 0.717) is 0 Å². The number of nitrogens with zero attached hydrogens (tertiary/aromatic N) is 1. The Kier molecular flexibility index (Phi) is 1.25. The van der Waals surface area contributed by atoms with E-state index >= 15 is 0 Å². The smallest absolute Gasteiger partial charge is 0.0656 e. The van der Waals surface area contributed by atoms with E-state index in [-0.39, 0.29) is 0 Å².